The summed E-state index contributed by atoms with van der Waals surface area (Å²) < 4.78 is 13.5. The van der Waals surface area contributed by atoms with E-state index in [1.165, 1.54) is 6.07 Å². The molecule has 1 aromatic carbocycles. The van der Waals surface area contributed by atoms with E-state index in [2.05, 4.69) is 5.32 Å². The molecule has 0 radical (unpaired) electrons. The van der Waals surface area contributed by atoms with Gasteiger partial charge in [-0.1, -0.05) is 18.2 Å². The lowest BCUT2D eigenvalue weighted by Gasteiger charge is -2.15. The smallest absolute Gasteiger partial charge is 0.220 e. The fourth-order valence-corrected chi connectivity index (χ4v) is 1.80. The summed E-state index contributed by atoms with van der Waals surface area (Å²) in [4.78, 5) is 11.6. The third-order valence-corrected chi connectivity index (χ3v) is 2.81. The number of benzene rings is 1. The highest BCUT2D eigenvalue weighted by atomic mass is 19.1. The molecule has 2 unspecified atom stereocenters. The van der Waals surface area contributed by atoms with Crippen molar-refractivity contribution >= 4 is 5.91 Å². The van der Waals surface area contributed by atoms with Crippen LogP contribution in [-0.2, 0) is 4.79 Å². The van der Waals surface area contributed by atoms with Gasteiger partial charge in [-0.2, -0.15) is 0 Å². The van der Waals surface area contributed by atoms with Crippen LogP contribution < -0.4 is 11.1 Å². The number of nitrogens with one attached hydrogen (secondary N) is 1. The van der Waals surface area contributed by atoms with Gasteiger partial charge in [0.1, 0.15) is 5.82 Å². The van der Waals surface area contributed by atoms with E-state index < -0.39 is 0 Å². The van der Waals surface area contributed by atoms with Crippen molar-refractivity contribution in [3.05, 3.63) is 35.6 Å². The summed E-state index contributed by atoms with van der Waals surface area (Å²) in [6, 6.07) is 6.28. The first kappa shape index (κ1) is 14.6. The first-order valence-electron chi connectivity index (χ1n) is 6.30. The van der Waals surface area contributed by atoms with Gasteiger partial charge in [0.25, 0.3) is 0 Å². The molecule has 100 valence electrons. The first-order valence-corrected chi connectivity index (χ1v) is 6.30. The molecule has 1 rings (SSSR count). The van der Waals surface area contributed by atoms with Crippen molar-refractivity contribution in [3.8, 4) is 0 Å². The van der Waals surface area contributed by atoms with Gasteiger partial charge < -0.3 is 11.1 Å². The zero-order valence-corrected chi connectivity index (χ0v) is 10.9. The van der Waals surface area contributed by atoms with Gasteiger partial charge in [0.05, 0.1) is 6.04 Å². The molecule has 3 N–H and O–H groups in total. The van der Waals surface area contributed by atoms with Crippen LogP contribution in [0.5, 0.6) is 0 Å². The van der Waals surface area contributed by atoms with Gasteiger partial charge in [-0.3, -0.25) is 4.79 Å². The minimum Gasteiger partial charge on any atom is -0.349 e. The number of hydrogen-bond acceptors (Lipinski definition) is 2. The van der Waals surface area contributed by atoms with Crippen LogP contribution in [0.1, 0.15) is 44.7 Å². The maximum absolute atomic E-state index is 13.5. The summed E-state index contributed by atoms with van der Waals surface area (Å²) in [6.07, 6.45) is 2.01. The second kappa shape index (κ2) is 7.11. The zero-order chi connectivity index (χ0) is 13.5. The molecule has 1 amide bonds. The average Bonchev–Trinajstić information content (AvgIpc) is 2.28. The quantitative estimate of drug-likeness (QED) is 0.817. The Morgan fingerprint density at radius 2 is 2.06 bits per heavy atom. The van der Waals surface area contributed by atoms with Gasteiger partial charge in [-0.05, 0) is 32.8 Å². The Morgan fingerprint density at radius 3 is 2.67 bits per heavy atom. The van der Waals surface area contributed by atoms with Crippen molar-refractivity contribution in [1.82, 2.24) is 5.32 Å². The highest BCUT2D eigenvalue weighted by Crippen LogP contribution is 2.16. The third kappa shape index (κ3) is 4.84. The molecular weight excluding hydrogens is 231 g/mol. The molecule has 0 spiro atoms. The standard InChI is InChI=1S/C14H21FN2O/c1-10(16)6-5-9-14(18)17-11(2)12-7-3-4-8-13(12)15/h3-4,7-8,10-11H,5-6,9,16H2,1-2H3,(H,17,18). The topological polar surface area (TPSA) is 55.1 Å². The van der Waals surface area contributed by atoms with Crippen LogP contribution in [0.25, 0.3) is 0 Å². The number of halogens is 1. The lowest BCUT2D eigenvalue weighted by atomic mass is 10.1. The van der Waals surface area contributed by atoms with Gasteiger partial charge >= 0.3 is 0 Å². The number of rotatable bonds is 6. The number of amides is 1. The van der Waals surface area contributed by atoms with E-state index in [9.17, 15) is 9.18 Å². The Labute approximate surface area is 108 Å². The van der Waals surface area contributed by atoms with E-state index in [0.717, 1.165) is 12.8 Å². The predicted octanol–water partition coefficient (Wildman–Crippen LogP) is 2.52. The fourth-order valence-electron chi connectivity index (χ4n) is 1.80. The Morgan fingerprint density at radius 1 is 1.39 bits per heavy atom. The summed E-state index contributed by atoms with van der Waals surface area (Å²) in [5.74, 6) is -0.354. The van der Waals surface area contributed by atoms with E-state index >= 15 is 0 Å². The number of carbonyl (C=O) groups is 1. The molecular formula is C14H21FN2O. The highest BCUT2D eigenvalue weighted by molar-refractivity contribution is 5.76. The summed E-state index contributed by atoms with van der Waals surface area (Å²) in [6.45, 7) is 3.70. The normalized spacial score (nSPS) is 14.0. The number of carbonyl (C=O) groups excluding carboxylic acids is 1. The van der Waals surface area contributed by atoms with Gasteiger partial charge in [-0.25, -0.2) is 4.39 Å². The van der Waals surface area contributed by atoms with Gasteiger partial charge in [0.15, 0.2) is 0 Å². The van der Waals surface area contributed by atoms with Crippen LogP contribution in [0.2, 0.25) is 0 Å². The van der Waals surface area contributed by atoms with Crippen LogP contribution in [0, 0.1) is 5.82 Å². The Hall–Kier alpha value is -1.42. The molecule has 0 aliphatic rings. The van der Waals surface area contributed by atoms with E-state index in [1.54, 1.807) is 25.1 Å². The van der Waals surface area contributed by atoms with Gasteiger partial charge in [-0.15, -0.1) is 0 Å². The molecule has 0 saturated heterocycles. The molecule has 18 heavy (non-hydrogen) atoms. The largest absolute Gasteiger partial charge is 0.349 e. The molecule has 0 aromatic heterocycles. The maximum Gasteiger partial charge on any atom is 0.220 e. The second-order valence-corrected chi connectivity index (χ2v) is 4.68. The van der Waals surface area contributed by atoms with Crippen LogP contribution in [-0.4, -0.2) is 11.9 Å². The number of hydrogen-bond donors (Lipinski definition) is 2. The van der Waals surface area contributed by atoms with E-state index in [1.807, 2.05) is 6.92 Å². The van der Waals surface area contributed by atoms with E-state index in [-0.39, 0.29) is 23.8 Å². The van der Waals surface area contributed by atoms with Crippen LogP contribution in [0.3, 0.4) is 0 Å². The second-order valence-electron chi connectivity index (χ2n) is 4.68. The summed E-state index contributed by atoms with van der Waals surface area (Å²) in [7, 11) is 0. The van der Waals surface area contributed by atoms with Crippen molar-refractivity contribution in [3.63, 3.8) is 0 Å². The molecule has 0 aliphatic heterocycles. The third-order valence-electron chi connectivity index (χ3n) is 2.81. The average molecular weight is 252 g/mol. The Balaban J connectivity index is 2.42. The van der Waals surface area contributed by atoms with E-state index in [0.29, 0.717) is 12.0 Å². The monoisotopic (exact) mass is 252 g/mol. The van der Waals surface area contributed by atoms with Crippen molar-refractivity contribution in [1.29, 1.82) is 0 Å². The SMILES string of the molecule is CC(N)CCCC(=O)NC(C)c1ccccc1F. The molecule has 0 heterocycles. The molecule has 0 saturated carbocycles. The summed E-state index contributed by atoms with van der Waals surface area (Å²) in [5, 5.41) is 2.79. The molecule has 0 bridgehead atoms. The Bertz CT molecular complexity index is 393. The summed E-state index contributed by atoms with van der Waals surface area (Å²) >= 11 is 0. The Kier molecular flexibility index (Phi) is 5.78. The lowest BCUT2D eigenvalue weighted by molar-refractivity contribution is -0.121. The van der Waals surface area contributed by atoms with Crippen LogP contribution in [0.15, 0.2) is 24.3 Å². The minimum absolute atomic E-state index is 0.0635. The van der Waals surface area contributed by atoms with Crippen molar-refractivity contribution < 1.29 is 9.18 Å². The number of nitrogens with two attached hydrogens (primary N) is 1. The lowest BCUT2D eigenvalue weighted by Crippen LogP contribution is -2.27. The molecule has 0 aliphatic carbocycles. The van der Waals surface area contributed by atoms with Crippen molar-refractivity contribution in [2.45, 2.75) is 45.2 Å². The van der Waals surface area contributed by atoms with Crippen molar-refractivity contribution in [2.24, 2.45) is 5.73 Å². The molecule has 2 atom stereocenters. The molecule has 4 heteroatoms. The van der Waals surface area contributed by atoms with Crippen LogP contribution in [0.4, 0.5) is 4.39 Å². The predicted molar refractivity (Wildman–Crippen MR) is 70.5 cm³/mol. The fraction of sp³-hybridized carbons (Fsp3) is 0.500. The minimum atomic E-state index is -0.311. The van der Waals surface area contributed by atoms with E-state index in [4.69, 9.17) is 5.73 Å². The maximum atomic E-state index is 13.5. The molecule has 0 fully saturated rings. The highest BCUT2D eigenvalue weighted by Gasteiger charge is 2.12. The first-order chi connectivity index (χ1) is 8.50. The molecule has 3 nitrogen and oxygen atoms in total. The zero-order valence-electron chi connectivity index (χ0n) is 10.9. The van der Waals surface area contributed by atoms with Gasteiger partial charge in [0, 0.05) is 18.0 Å². The molecule has 1 aromatic rings. The van der Waals surface area contributed by atoms with Crippen LogP contribution >= 0.6 is 0 Å². The van der Waals surface area contributed by atoms with Gasteiger partial charge in [0.2, 0.25) is 5.91 Å². The van der Waals surface area contributed by atoms with Crippen molar-refractivity contribution in [2.75, 3.05) is 0 Å². The summed E-state index contributed by atoms with van der Waals surface area (Å²) in [5.41, 5.74) is 6.12.